The van der Waals surface area contributed by atoms with Crippen LogP contribution in [0.25, 0.3) is 0 Å². The highest BCUT2D eigenvalue weighted by molar-refractivity contribution is 6.31. The molecule has 1 saturated heterocycles. The Hall–Kier alpha value is -3.38. The van der Waals surface area contributed by atoms with Crippen molar-refractivity contribution < 1.29 is 31.9 Å². The summed E-state index contributed by atoms with van der Waals surface area (Å²) < 4.78 is 51.9. The van der Waals surface area contributed by atoms with E-state index in [9.17, 15) is 31.9 Å². The highest BCUT2D eigenvalue weighted by Crippen LogP contribution is 2.27. The van der Waals surface area contributed by atoms with E-state index in [1.54, 1.807) is 28.5 Å². The third kappa shape index (κ3) is 7.10. The minimum absolute atomic E-state index is 0.0631. The van der Waals surface area contributed by atoms with Crippen LogP contribution in [0.4, 0.5) is 28.0 Å². The van der Waals surface area contributed by atoms with Gasteiger partial charge < -0.3 is 9.80 Å². The van der Waals surface area contributed by atoms with Gasteiger partial charge in [-0.15, -0.1) is 0 Å². The Bertz CT molecular complexity index is 1170. The number of hydrazine groups is 1. The SMILES string of the molecule is CCN1CCN(C(=O)N(Cc2ccc(C(=O)NNC(=O)C(F)(F)F)cc2F)c2ccc(C)c(Cl)c2)CC1. The number of anilines is 1. The molecule has 0 saturated carbocycles. The number of piperazine rings is 1. The Kier molecular flexibility index (Phi) is 8.98. The summed E-state index contributed by atoms with van der Waals surface area (Å²) in [5.74, 6) is -4.37. The Labute approximate surface area is 216 Å². The zero-order valence-corrected chi connectivity index (χ0v) is 20.9. The van der Waals surface area contributed by atoms with Gasteiger partial charge in [-0.3, -0.25) is 25.3 Å². The molecule has 0 atom stereocenters. The molecule has 8 nitrogen and oxygen atoms in total. The number of halogens is 5. The number of hydrogen-bond donors (Lipinski definition) is 2. The van der Waals surface area contributed by atoms with Crippen molar-refractivity contribution in [3.05, 3.63) is 63.9 Å². The molecule has 0 bridgehead atoms. The predicted molar refractivity (Wildman–Crippen MR) is 130 cm³/mol. The van der Waals surface area contributed by atoms with E-state index >= 15 is 0 Å². The van der Waals surface area contributed by atoms with Crippen LogP contribution in [0.5, 0.6) is 0 Å². The fourth-order valence-corrected chi connectivity index (χ4v) is 3.86. The summed E-state index contributed by atoms with van der Waals surface area (Å²) in [6, 6.07) is 7.96. The molecule has 2 N–H and O–H groups in total. The molecule has 13 heteroatoms. The number of nitrogens with zero attached hydrogens (tertiary/aromatic N) is 3. The Balaban J connectivity index is 1.81. The largest absolute Gasteiger partial charge is 0.472 e. The number of nitrogens with one attached hydrogen (secondary N) is 2. The van der Waals surface area contributed by atoms with Crippen LogP contribution in [0.3, 0.4) is 0 Å². The van der Waals surface area contributed by atoms with Gasteiger partial charge in [0.15, 0.2) is 0 Å². The zero-order chi connectivity index (χ0) is 27.3. The van der Waals surface area contributed by atoms with E-state index in [-0.39, 0.29) is 23.7 Å². The van der Waals surface area contributed by atoms with Crippen LogP contribution in [0, 0.1) is 12.7 Å². The second kappa shape index (κ2) is 11.8. The second-order valence-electron chi connectivity index (χ2n) is 8.44. The van der Waals surface area contributed by atoms with Gasteiger partial charge in [0.1, 0.15) is 5.82 Å². The van der Waals surface area contributed by atoms with Gasteiger partial charge in [0.05, 0.1) is 6.54 Å². The smallest absolute Gasteiger partial charge is 0.322 e. The van der Waals surface area contributed by atoms with E-state index in [0.717, 1.165) is 18.2 Å². The van der Waals surface area contributed by atoms with Crippen molar-refractivity contribution in [2.24, 2.45) is 0 Å². The average Bonchev–Trinajstić information content (AvgIpc) is 2.87. The topological polar surface area (TPSA) is 85.0 Å². The number of hydrogen-bond acceptors (Lipinski definition) is 4. The van der Waals surface area contributed by atoms with Crippen molar-refractivity contribution in [3.8, 4) is 0 Å². The average molecular weight is 544 g/mol. The fraction of sp³-hybridized carbons (Fsp3) is 0.375. The molecule has 2 aromatic carbocycles. The van der Waals surface area contributed by atoms with Crippen LogP contribution >= 0.6 is 11.6 Å². The normalized spacial score (nSPS) is 14.3. The van der Waals surface area contributed by atoms with Crippen LogP contribution in [-0.2, 0) is 11.3 Å². The fourth-order valence-electron chi connectivity index (χ4n) is 3.69. The molecule has 3 rings (SSSR count). The molecular formula is C24H26ClF4N5O3. The molecule has 0 unspecified atom stereocenters. The summed E-state index contributed by atoms with van der Waals surface area (Å²) >= 11 is 6.28. The number of aryl methyl sites for hydroxylation is 1. The first kappa shape index (κ1) is 28.2. The van der Waals surface area contributed by atoms with Gasteiger partial charge in [0, 0.05) is 48.0 Å². The lowest BCUT2D eigenvalue weighted by Gasteiger charge is -2.37. The molecule has 0 radical (unpaired) electrons. The first-order valence-corrected chi connectivity index (χ1v) is 11.8. The van der Waals surface area contributed by atoms with E-state index < -0.39 is 23.8 Å². The Morgan fingerprint density at radius 3 is 2.27 bits per heavy atom. The zero-order valence-electron chi connectivity index (χ0n) is 20.2. The van der Waals surface area contributed by atoms with Gasteiger partial charge >= 0.3 is 18.1 Å². The summed E-state index contributed by atoms with van der Waals surface area (Å²) in [4.78, 5) is 41.7. The molecule has 200 valence electrons. The number of benzene rings is 2. The van der Waals surface area contributed by atoms with Gasteiger partial charge in [-0.05, 0) is 43.3 Å². The maximum absolute atomic E-state index is 15.0. The third-order valence-electron chi connectivity index (χ3n) is 5.98. The number of rotatable bonds is 5. The molecule has 1 fully saturated rings. The van der Waals surface area contributed by atoms with Crippen LogP contribution in [0.1, 0.15) is 28.4 Å². The number of carbonyl (C=O) groups excluding carboxylic acids is 3. The predicted octanol–water partition coefficient (Wildman–Crippen LogP) is 3.87. The Morgan fingerprint density at radius 2 is 1.70 bits per heavy atom. The van der Waals surface area contributed by atoms with Crippen molar-refractivity contribution >= 4 is 35.1 Å². The number of alkyl halides is 3. The molecular weight excluding hydrogens is 518 g/mol. The summed E-state index contributed by atoms with van der Waals surface area (Å²) in [5.41, 5.74) is 3.79. The highest BCUT2D eigenvalue weighted by atomic mass is 35.5. The van der Waals surface area contributed by atoms with Crippen molar-refractivity contribution in [2.75, 3.05) is 37.6 Å². The van der Waals surface area contributed by atoms with Gasteiger partial charge in [0.25, 0.3) is 5.91 Å². The minimum Gasteiger partial charge on any atom is -0.322 e. The van der Waals surface area contributed by atoms with Crippen molar-refractivity contribution in [3.63, 3.8) is 0 Å². The summed E-state index contributed by atoms with van der Waals surface area (Å²) in [6.45, 7) is 6.91. The van der Waals surface area contributed by atoms with Crippen molar-refractivity contribution in [1.29, 1.82) is 0 Å². The van der Waals surface area contributed by atoms with Gasteiger partial charge in [-0.2, -0.15) is 13.2 Å². The van der Waals surface area contributed by atoms with E-state index in [1.165, 1.54) is 22.5 Å². The summed E-state index contributed by atoms with van der Waals surface area (Å²) in [5, 5.41) is 0.430. The van der Waals surface area contributed by atoms with E-state index in [1.807, 2.05) is 13.8 Å². The van der Waals surface area contributed by atoms with Crippen LogP contribution in [-0.4, -0.2) is 66.5 Å². The first-order valence-electron chi connectivity index (χ1n) is 11.4. The van der Waals surface area contributed by atoms with Gasteiger partial charge in [-0.25, -0.2) is 9.18 Å². The van der Waals surface area contributed by atoms with Gasteiger partial charge in [-0.1, -0.05) is 30.7 Å². The maximum Gasteiger partial charge on any atom is 0.472 e. The lowest BCUT2D eigenvalue weighted by molar-refractivity contribution is -0.174. The molecule has 2 aromatic rings. The number of carbonyl (C=O) groups is 3. The monoisotopic (exact) mass is 543 g/mol. The van der Waals surface area contributed by atoms with Crippen LogP contribution in [0.15, 0.2) is 36.4 Å². The molecule has 0 spiro atoms. The number of urea groups is 1. The highest BCUT2D eigenvalue weighted by Gasteiger charge is 2.39. The van der Waals surface area contributed by atoms with Crippen molar-refractivity contribution in [1.82, 2.24) is 20.7 Å². The standard InChI is InChI=1S/C24H26ClF4N5O3/c1-3-32-8-10-33(11-9-32)23(37)34(18-7-4-15(2)19(25)13-18)14-17-6-5-16(12-20(17)26)21(35)30-31-22(36)24(27,28)29/h4-7,12-13H,3,8-11,14H2,1-2H3,(H,30,35)(H,31,36). The molecule has 1 heterocycles. The number of likely N-dealkylation sites (N-methyl/N-ethyl adjacent to an activating group) is 1. The number of amides is 4. The molecule has 4 amide bonds. The molecule has 0 aliphatic carbocycles. The van der Waals surface area contributed by atoms with E-state index in [4.69, 9.17) is 11.6 Å². The molecule has 1 aliphatic heterocycles. The van der Waals surface area contributed by atoms with Gasteiger partial charge in [0.2, 0.25) is 0 Å². The molecule has 37 heavy (non-hydrogen) atoms. The van der Waals surface area contributed by atoms with Crippen LogP contribution in [0.2, 0.25) is 5.02 Å². The summed E-state index contributed by atoms with van der Waals surface area (Å²) in [6.07, 6.45) is -5.19. The lowest BCUT2D eigenvalue weighted by Crippen LogP contribution is -2.52. The maximum atomic E-state index is 15.0. The minimum atomic E-state index is -5.19. The quantitative estimate of drug-likeness (QED) is 0.443. The third-order valence-corrected chi connectivity index (χ3v) is 6.39. The second-order valence-corrected chi connectivity index (χ2v) is 8.84. The Morgan fingerprint density at radius 1 is 1.03 bits per heavy atom. The van der Waals surface area contributed by atoms with E-state index in [0.29, 0.717) is 36.9 Å². The molecule has 1 aliphatic rings. The van der Waals surface area contributed by atoms with Crippen molar-refractivity contribution in [2.45, 2.75) is 26.6 Å². The van der Waals surface area contributed by atoms with Crippen LogP contribution < -0.4 is 15.8 Å². The summed E-state index contributed by atoms with van der Waals surface area (Å²) in [7, 11) is 0. The lowest BCUT2D eigenvalue weighted by atomic mass is 10.1. The van der Waals surface area contributed by atoms with E-state index in [2.05, 4.69) is 4.90 Å². The molecule has 0 aromatic heterocycles. The first-order chi connectivity index (χ1) is 17.4.